The fourth-order valence-corrected chi connectivity index (χ4v) is 4.04. The van der Waals surface area contributed by atoms with Crippen LogP contribution in [0.1, 0.15) is 23.6 Å². The quantitative estimate of drug-likeness (QED) is 0.356. The molecule has 0 radical (unpaired) electrons. The van der Waals surface area contributed by atoms with E-state index in [1.165, 1.54) is 0 Å². The normalized spacial score (nSPS) is 16.1. The van der Waals surface area contributed by atoms with Crippen LogP contribution in [0.4, 0.5) is 0 Å². The third-order valence-electron chi connectivity index (χ3n) is 5.22. The number of fused-ring (bicyclic) bond motifs is 5. The highest BCUT2D eigenvalue weighted by Crippen LogP contribution is 2.38. The highest BCUT2D eigenvalue weighted by atomic mass is 16.6. The SMILES string of the molecule is O=[N+]([O-])C1CC=Cc2ccc3c(ccc4c3ccn4-c3ccccc3)c21. The summed E-state index contributed by atoms with van der Waals surface area (Å²) < 4.78 is 2.15. The van der Waals surface area contributed by atoms with Gasteiger partial charge in [-0.2, -0.15) is 0 Å². The van der Waals surface area contributed by atoms with Gasteiger partial charge in [0.15, 0.2) is 0 Å². The van der Waals surface area contributed by atoms with Crippen LogP contribution in [0.25, 0.3) is 33.4 Å². The molecule has 0 amide bonds. The summed E-state index contributed by atoms with van der Waals surface area (Å²) in [5, 5.41) is 14.7. The second-order valence-corrected chi connectivity index (χ2v) is 6.62. The van der Waals surface area contributed by atoms with Gasteiger partial charge >= 0.3 is 0 Å². The fourth-order valence-electron chi connectivity index (χ4n) is 4.04. The molecule has 0 saturated carbocycles. The van der Waals surface area contributed by atoms with Gasteiger partial charge < -0.3 is 4.57 Å². The van der Waals surface area contributed by atoms with Crippen LogP contribution in [-0.2, 0) is 0 Å². The zero-order valence-electron chi connectivity index (χ0n) is 14.0. The molecule has 4 nitrogen and oxygen atoms in total. The molecular weight excluding hydrogens is 324 g/mol. The van der Waals surface area contributed by atoms with Crippen molar-refractivity contribution in [3.8, 4) is 5.69 Å². The number of rotatable bonds is 2. The standard InChI is InChI=1S/C22H16N2O2/c25-24(26)21-8-4-5-15-9-10-17-18-13-14-23(16-6-2-1-3-7-16)20(18)12-11-19(17)22(15)21/h1-7,9-14,21H,8H2. The molecule has 4 heteroatoms. The molecule has 1 atom stereocenters. The molecule has 4 aromatic rings. The van der Waals surface area contributed by atoms with Crippen LogP contribution in [0.5, 0.6) is 0 Å². The topological polar surface area (TPSA) is 48.1 Å². The Labute approximate surface area is 150 Å². The van der Waals surface area contributed by atoms with Crippen LogP contribution in [0.3, 0.4) is 0 Å². The Balaban J connectivity index is 1.81. The molecule has 1 aliphatic rings. The average molecular weight is 340 g/mol. The van der Waals surface area contributed by atoms with E-state index < -0.39 is 6.04 Å². The third kappa shape index (κ3) is 2.09. The minimum atomic E-state index is -0.674. The van der Waals surface area contributed by atoms with Crippen molar-refractivity contribution in [2.75, 3.05) is 0 Å². The molecule has 26 heavy (non-hydrogen) atoms. The van der Waals surface area contributed by atoms with E-state index in [0.29, 0.717) is 6.42 Å². The summed E-state index contributed by atoms with van der Waals surface area (Å²) in [5.74, 6) is 0. The van der Waals surface area contributed by atoms with Crippen LogP contribution < -0.4 is 0 Å². The highest BCUT2D eigenvalue weighted by Gasteiger charge is 2.29. The van der Waals surface area contributed by atoms with E-state index >= 15 is 0 Å². The van der Waals surface area contributed by atoms with Gasteiger partial charge in [-0.15, -0.1) is 0 Å². The largest absolute Gasteiger partial charge is 0.317 e. The maximum absolute atomic E-state index is 11.6. The molecule has 1 heterocycles. The van der Waals surface area contributed by atoms with E-state index in [4.69, 9.17) is 0 Å². The Morgan fingerprint density at radius 1 is 0.923 bits per heavy atom. The van der Waals surface area contributed by atoms with Crippen molar-refractivity contribution in [1.82, 2.24) is 4.57 Å². The van der Waals surface area contributed by atoms with E-state index in [1.54, 1.807) is 0 Å². The van der Waals surface area contributed by atoms with Crippen molar-refractivity contribution in [3.63, 3.8) is 0 Å². The highest BCUT2D eigenvalue weighted by molar-refractivity contribution is 6.09. The van der Waals surface area contributed by atoms with Crippen molar-refractivity contribution in [2.45, 2.75) is 12.5 Å². The number of nitro groups is 1. The number of hydrogen-bond acceptors (Lipinski definition) is 2. The molecule has 0 aliphatic heterocycles. The molecule has 0 spiro atoms. The van der Waals surface area contributed by atoms with Gasteiger partial charge in [0.1, 0.15) is 0 Å². The molecule has 126 valence electrons. The van der Waals surface area contributed by atoms with Gasteiger partial charge in [-0.3, -0.25) is 10.1 Å². The molecule has 1 aliphatic carbocycles. The average Bonchev–Trinajstić information content (AvgIpc) is 3.12. The maximum atomic E-state index is 11.6. The van der Waals surface area contributed by atoms with Gasteiger partial charge in [0.25, 0.3) is 0 Å². The van der Waals surface area contributed by atoms with E-state index in [-0.39, 0.29) is 4.92 Å². The lowest BCUT2D eigenvalue weighted by Crippen LogP contribution is -2.13. The molecule has 0 bridgehead atoms. The molecule has 1 aromatic heterocycles. The molecular formula is C22H16N2O2. The maximum Gasteiger partial charge on any atom is 0.242 e. The smallest absolute Gasteiger partial charge is 0.242 e. The first-order valence-corrected chi connectivity index (χ1v) is 8.66. The number of aromatic nitrogens is 1. The zero-order valence-corrected chi connectivity index (χ0v) is 14.0. The Bertz CT molecular complexity index is 1190. The van der Waals surface area contributed by atoms with Crippen molar-refractivity contribution in [3.05, 3.63) is 94.2 Å². The van der Waals surface area contributed by atoms with E-state index in [1.807, 2.05) is 42.5 Å². The number of para-hydroxylation sites is 1. The summed E-state index contributed by atoms with van der Waals surface area (Å²) >= 11 is 0. The molecule has 3 aromatic carbocycles. The number of nitrogens with zero attached hydrogens (tertiary/aromatic N) is 2. The Kier molecular flexibility index (Phi) is 3.19. The van der Waals surface area contributed by atoms with E-state index in [9.17, 15) is 10.1 Å². The first kappa shape index (κ1) is 14.9. The summed E-state index contributed by atoms with van der Waals surface area (Å²) in [4.78, 5) is 11.4. The van der Waals surface area contributed by atoms with Gasteiger partial charge in [0, 0.05) is 34.2 Å². The van der Waals surface area contributed by atoms with Crippen LogP contribution in [0.2, 0.25) is 0 Å². The van der Waals surface area contributed by atoms with E-state index in [2.05, 4.69) is 41.1 Å². The van der Waals surface area contributed by atoms with Crippen LogP contribution >= 0.6 is 0 Å². The summed E-state index contributed by atoms with van der Waals surface area (Å²) in [5.41, 5.74) is 4.00. The van der Waals surface area contributed by atoms with Crippen molar-refractivity contribution >= 4 is 27.8 Å². The second kappa shape index (κ2) is 5.56. The monoisotopic (exact) mass is 340 g/mol. The Morgan fingerprint density at radius 3 is 2.54 bits per heavy atom. The van der Waals surface area contributed by atoms with Gasteiger partial charge in [0.2, 0.25) is 6.04 Å². The van der Waals surface area contributed by atoms with Crippen LogP contribution in [0.15, 0.2) is 72.9 Å². The number of benzene rings is 3. The molecule has 0 saturated heterocycles. The lowest BCUT2D eigenvalue weighted by molar-refractivity contribution is -0.528. The van der Waals surface area contributed by atoms with Crippen LogP contribution in [-0.4, -0.2) is 9.49 Å². The number of hydrogen-bond donors (Lipinski definition) is 0. The minimum Gasteiger partial charge on any atom is -0.317 e. The van der Waals surface area contributed by atoms with Gasteiger partial charge in [-0.05, 0) is 40.6 Å². The summed E-state index contributed by atoms with van der Waals surface area (Å²) in [6.45, 7) is 0. The van der Waals surface area contributed by atoms with Gasteiger partial charge in [-0.1, -0.05) is 48.6 Å². The lowest BCUT2D eigenvalue weighted by atomic mass is 9.88. The van der Waals surface area contributed by atoms with Crippen molar-refractivity contribution < 1.29 is 4.92 Å². The first-order valence-electron chi connectivity index (χ1n) is 8.66. The molecule has 0 N–H and O–H groups in total. The summed E-state index contributed by atoms with van der Waals surface area (Å²) in [6, 6.07) is 19.8. The first-order chi connectivity index (χ1) is 12.7. The molecule has 0 fully saturated rings. The van der Waals surface area contributed by atoms with Crippen LogP contribution in [0, 0.1) is 10.1 Å². The summed E-state index contributed by atoms with van der Waals surface area (Å²) in [7, 11) is 0. The molecule has 5 rings (SSSR count). The lowest BCUT2D eigenvalue weighted by Gasteiger charge is -2.18. The van der Waals surface area contributed by atoms with Crippen molar-refractivity contribution in [1.29, 1.82) is 0 Å². The van der Waals surface area contributed by atoms with E-state index in [0.717, 1.165) is 38.5 Å². The Hall–Kier alpha value is -3.40. The zero-order chi connectivity index (χ0) is 17.7. The Morgan fingerprint density at radius 2 is 1.73 bits per heavy atom. The minimum absolute atomic E-state index is 0.166. The predicted molar refractivity (Wildman–Crippen MR) is 104 cm³/mol. The van der Waals surface area contributed by atoms with Crippen molar-refractivity contribution in [2.24, 2.45) is 0 Å². The summed E-state index contributed by atoms with van der Waals surface area (Å²) in [6.07, 6.45) is 6.39. The predicted octanol–water partition coefficient (Wildman–Crippen LogP) is 5.52. The van der Waals surface area contributed by atoms with Gasteiger partial charge in [-0.25, -0.2) is 0 Å². The second-order valence-electron chi connectivity index (χ2n) is 6.62. The third-order valence-corrected chi connectivity index (χ3v) is 5.22. The fraction of sp³-hybridized carbons (Fsp3) is 0.0909. The molecule has 1 unspecified atom stereocenters. The van der Waals surface area contributed by atoms with Gasteiger partial charge in [0.05, 0.1) is 5.52 Å².